The van der Waals surface area contributed by atoms with Crippen LogP contribution in [0.1, 0.15) is 23.1 Å². The largest absolute Gasteiger partial charge is 0.476 e. The van der Waals surface area contributed by atoms with Gasteiger partial charge in [0.25, 0.3) is 0 Å². The summed E-state index contributed by atoms with van der Waals surface area (Å²) >= 11 is 0. The van der Waals surface area contributed by atoms with Crippen molar-refractivity contribution < 1.29 is 14.6 Å². The van der Waals surface area contributed by atoms with Gasteiger partial charge in [0, 0.05) is 13.7 Å². The normalized spacial score (nSPS) is 10.3. The summed E-state index contributed by atoms with van der Waals surface area (Å²) in [6.07, 6.45) is 0. The second-order valence-electron chi connectivity index (χ2n) is 2.44. The van der Waals surface area contributed by atoms with Crippen molar-refractivity contribution in [2.24, 2.45) is 0 Å². The van der Waals surface area contributed by atoms with Crippen LogP contribution < -0.4 is 0 Å². The number of carbonyl (C=O) groups is 1. The lowest BCUT2D eigenvalue weighted by molar-refractivity contribution is 0.0684. The molecule has 0 fully saturated rings. The van der Waals surface area contributed by atoms with Crippen LogP contribution in [0.25, 0.3) is 0 Å². The molecule has 0 radical (unpaired) electrons. The van der Waals surface area contributed by atoms with Crippen LogP contribution in [-0.2, 0) is 17.9 Å². The number of aryl methyl sites for hydroxylation is 1. The molecule has 72 valence electrons. The monoisotopic (exact) mass is 185 g/mol. The molecule has 1 aromatic rings. The van der Waals surface area contributed by atoms with Crippen molar-refractivity contribution in [2.75, 3.05) is 7.11 Å². The molecule has 0 aromatic carbocycles. The van der Waals surface area contributed by atoms with Crippen molar-refractivity contribution >= 4 is 5.97 Å². The van der Waals surface area contributed by atoms with Crippen LogP contribution in [-0.4, -0.2) is 33.2 Å². The third-order valence-electron chi connectivity index (χ3n) is 1.62. The zero-order valence-corrected chi connectivity index (χ0v) is 7.52. The van der Waals surface area contributed by atoms with Crippen LogP contribution in [0, 0.1) is 0 Å². The van der Waals surface area contributed by atoms with Crippen molar-refractivity contribution in [1.82, 2.24) is 15.0 Å². The number of hydrogen-bond acceptors (Lipinski definition) is 4. The van der Waals surface area contributed by atoms with Gasteiger partial charge in [0.1, 0.15) is 0 Å². The van der Waals surface area contributed by atoms with Crippen molar-refractivity contribution in [1.29, 1.82) is 0 Å². The van der Waals surface area contributed by atoms with E-state index in [-0.39, 0.29) is 12.3 Å². The van der Waals surface area contributed by atoms with Gasteiger partial charge in [-0.2, -0.15) is 0 Å². The number of carboxylic acids is 1. The van der Waals surface area contributed by atoms with E-state index in [1.54, 1.807) is 0 Å². The van der Waals surface area contributed by atoms with E-state index < -0.39 is 5.97 Å². The fraction of sp³-hybridized carbons (Fsp3) is 0.571. The number of rotatable bonds is 4. The number of aromatic nitrogens is 3. The molecule has 6 nitrogen and oxygen atoms in total. The van der Waals surface area contributed by atoms with Crippen LogP contribution in [0.5, 0.6) is 0 Å². The Bertz CT molecular complexity index is 308. The Morgan fingerprint density at radius 2 is 2.38 bits per heavy atom. The molecule has 0 aliphatic carbocycles. The minimum absolute atomic E-state index is 0.0382. The summed E-state index contributed by atoms with van der Waals surface area (Å²) in [5.41, 5.74) is 0.459. The van der Waals surface area contributed by atoms with E-state index in [0.717, 1.165) is 0 Å². The highest BCUT2D eigenvalue weighted by molar-refractivity contribution is 5.86. The lowest BCUT2D eigenvalue weighted by Crippen LogP contribution is -2.08. The topological polar surface area (TPSA) is 77.2 Å². The van der Waals surface area contributed by atoms with E-state index in [0.29, 0.717) is 12.2 Å². The van der Waals surface area contributed by atoms with Crippen LogP contribution in [0.3, 0.4) is 0 Å². The second-order valence-corrected chi connectivity index (χ2v) is 2.44. The first kappa shape index (κ1) is 9.66. The minimum Gasteiger partial charge on any atom is -0.476 e. The number of nitrogens with zero attached hydrogens (tertiary/aromatic N) is 3. The number of hydrogen-bond donors (Lipinski definition) is 1. The van der Waals surface area contributed by atoms with Crippen molar-refractivity contribution in [3.8, 4) is 0 Å². The van der Waals surface area contributed by atoms with Crippen molar-refractivity contribution in [3.63, 3.8) is 0 Å². The lowest BCUT2D eigenvalue weighted by Gasteiger charge is -2.01. The molecule has 0 aliphatic rings. The summed E-state index contributed by atoms with van der Waals surface area (Å²) < 4.78 is 6.36. The van der Waals surface area contributed by atoms with Gasteiger partial charge < -0.3 is 9.84 Å². The molecular weight excluding hydrogens is 174 g/mol. The van der Waals surface area contributed by atoms with Gasteiger partial charge in [-0.05, 0) is 6.92 Å². The fourth-order valence-electron chi connectivity index (χ4n) is 1.03. The van der Waals surface area contributed by atoms with Gasteiger partial charge in [-0.15, -0.1) is 5.10 Å². The summed E-state index contributed by atoms with van der Waals surface area (Å²) in [5, 5.41) is 15.9. The molecule has 1 N–H and O–H groups in total. The number of methoxy groups -OCH3 is 1. The summed E-state index contributed by atoms with van der Waals surface area (Å²) in [7, 11) is 1.50. The van der Waals surface area contributed by atoms with Gasteiger partial charge in [-0.1, -0.05) is 5.21 Å². The van der Waals surface area contributed by atoms with Gasteiger partial charge in [-0.25, -0.2) is 9.48 Å². The Balaban J connectivity index is 3.06. The van der Waals surface area contributed by atoms with E-state index in [1.165, 1.54) is 11.8 Å². The first-order chi connectivity index (χ1) is 6.20. The van der Waals surface area contributed by atoms with E-state index >= 15 is 0 Å². The summed E-state index contributed by atoms with van der Waals surface area (Å²) in [6, 6.07) is 0. The van der Waals surface area contributed by atoms with Gasteiger partial charge >= 0.3 is 5.97 Å². The van der Waals surface area contributed by atoms with Gasteiger partial charge in [0.15, 0.2) is 5.69 Å². The predicted molar refractivity (Wildman–Crippen MR) is 43.4 cm³/mol. The smallest absolute Gasteiger partial charge is 0.358 e. The molecule has 0 unspecified atom stereocenters. The van der Waals surface area contributed by atoms with Gasteiger partial charge in [0.05, 0.1) is 12.3 Å². The van der Waals surface area contributed by atoms with Crippen LogP contribution in [0.15, 0.2) is 0 Å². The molecular formula is C7H11N3O3. The first-order valence-corrected chi connectivity index (χ1v) is 3.85. The van der Waals surface area contributed by atoms with Crippen LogP contribution >= 0.6 is 0 Å². The third-order valence-corrected chi connectivity index (χ3v) is 1.62. The highest BCUT2D eigenvalue weighted by atomic mass is 16.5. The fourth-order valence-corrected chi connectivity index (χ4v) is 1.03. The SMILES string of the molecule is CCn1nnc(C(=O)O)c1COC. The van der Waals surface area contributed by atoms with E-state index in [4.69, 9.17) is 9.84 Å². The number of carboxylic acid groups (broad SMARTS) is 1. The van der Waals surface area contributed by atoms with Crippen LogP contribution in [0.2, 0.25) is 0 Å². The maximum atomic E-state index is 10.7. The molecule has 1 rings (SSSR count). The molecule has 0 bridgehead atoms. The predicted octanol–water partition coefficient (Wildman–Crippen LogP) is 0.143. The van der Waals surface area contributed by atoms with Crippen molar-refractivity contribution in [3.05, 3.63) is 11.4 Å². The molecule has 1 aromatic heterocycles. The Morgan fingerprint density at radius 3 is 2.85 bits per heavy atom. The number of aromatic carboxylic acids is 1. The molecule has 6 heteroatoms. The quantitative estimate of drug-likeness (QED) is 0.722. The van der Waals surface area contributed by atoms with Crippen molar-refractivity contribution in [2.45, 2.75) is 20.1 Å². The zero-order valence-electron chi connectivity index (χ0n) is 7.52. The average Bonchev–Trinajstić information content (AvgIpc) is 2.48. The molecule has 0 saturated carbocycles. The second kappa shape index (κ2) is 3.99. The molecule has 13 heavy (non-hydrogen) atoms. The average molecular weight is 185 g/mol. The molecule has 0 atom stereocenters. The Kier molecular flexibility index (Phi) is 2.97. The maximum absolute atomic E-state index is 10.7. The Hall–Kier alpha value is -1.43. The zero-order chi connectivity index (χ0) is 9.84. The minimum atomic E-state index is -1.08. The van der Waals surface area contributed by atoms with E-state index in [1.807, 2.05) is 6.92 Å². The molecule has 1 heterocycles. The van der Waals surface area contributed by atoms with Crippen LogP contribution in [0.4, 0.5) is 0 Å². The Labute approximate surface area is 75.1 Å². The van der Waals surface area contributed by atoms with E-state index in [2.05, 4.69) is 10.3 Å². The summed E-state index contributed by atoms with van der Waals surface area (Å²) in [5.74, 6) is -1.08. The first-order valence-electron chi connectivity index (χ1n) is 3.85. The lowest BCUT2D eigenvalue weighted by atomic mass is 10.3. The standard InChI is InChI=1S/C7H11N3O3/c1-3-10-5(4-13-2)6(7(11)12)8-9-10/h3-4H2,1-2H3,(H,11,12). The highest BCUT2D eigenvalue weighted by Gasteiger charge is 2.17. The van der Waals surface area contributed by atoms with Gasteiger partial charge in [0.2, 0.25) is 0 Å². The molecule has 0 amide bonds. The van der Waals surface area contributed by atoms with Gasteiger partial charge in [-0.3, -0.25) is 0 Å². The summed E-state index contributed by atoms with van der Waals surface area (Å²) in [4.78, 5) is 10.7. The molecule has 0 aliphatic heterocycles. The number of ether oxygens (including phenoxy) is 1. The maximum Gasteiger partial charge on any atom is 0.358 e. The Morgan fingerprint density at radius 1 is 1.69 bits per heavy atom. The molecule has 0 spiro atoms. The van der Waals surface area contributed by atoms with E-state index in [9.17, 15) is 4.79 Å². The third kappa shape index (κ3) is 1.83. The molecule has 0 saturated heterocycles. The summed E-state index contributed by atoms with van der Waals surface area (Å²) in [6.45, 7) is 2.65. The highest BCUT2D eigenvalue weighted by Crippen LogP contribution is 2.06.